The van der Waals surface area contributed by atoms with Gasteiger partial charge in [0.25, 0.3) is 5.91 Å². The molecule has 2 aromatic rings. The molecular formula is C29H36ClN3O4. The quantitative estimate of drug-likeness (QED) is 0.463. The molecule has 37 heavy (non-hydrogen) atoms. The summed E-state index contributed by atoms with van der Waals surface area (Å²) in [5, 5.41) is 5.87. The molecule has 8 heteroatoms. The number of nitrogens with zero attached hydrogens (tertiary/aromatic N) is 1. The van der Waals surface area contributed by atoms with E-state index in [1.54, 1.807) is 64.1 Å². The Bertz CT molecular complexity index is 1170. The lowest BCUT2D eigenvalue weighted by atomic mass is 9.95. The number of rotatable bonds is 6. The third kappa shape index (κ3) is 7.99. The van der Waals surface area contributed by atoms with Gasteiger partial charge in [0.15, 0.2) is 0 Å². The number of alkyl carbamates (subject to hydrolysis) is 1. The average Bonchev–Trinajstić information content (AvgIpc) is 2.77. The molecule has 0 radical (unpaired) electrons. The van der Waals surface area contributed by atoms with Crippen LogP contribution in [0.5, 0.6) is 0 Å². The lowest BCUT2D eigenvalue weighted by Gasteiger charge is -2.42. The van der Waals surface area contributed by atoms with Crippen molar-refractivity contribution in [2.75, 3.05) is 5.32 Å². The van der Waals surface area contributed by atoms with E-state index in [0.29, 0.717) is 21.8 Å². The number of carbonyl (C=O) groups excluding carboxylic acids is 3. The molecule has 0 aromatic heterocycles. The van der Waals surface area contributed by atoms with E-state index in [4.69, 9.17) is 22.8 Å². The summed E-state index contributed by atoms with van der Waals surface area (Å²) in [4.78, 5) is 41.6. The molecule has 2 aromatic carbocycles. The van der Waals surface area contributed by atoms with Crippen LogP contribution in [0, 0.1) is 19.3 Å². The Morgan fingerprint density at radius 1 is 1.03 bits per heavy atom. The van der Waals surface area contributed by atoms with E-state index < -0.39 is 41.1 Å². The number of anilines is 1. The summed E-state index contributed by atoms with van der Waals surface area (Å²) in [6.45, 7) is 14.1. The Morgan fingerprint density at radius 3 is 2.11 bits per heavy atom. The number of para-hydroxylation sites is 1. The number of hydrogen-bond donors (Lipinski definition) is 2. The number of amides is 3. The molecule has 0 fully saturated rings. The van der Waals surface area contributed by atoms with Crippen LogP contribution in [0.4, 0.5) is 10.5 Å². The highest BCUT2D eigenvalue weighted by molar-refractivity contribution is 6.34. The van der Waals surface area contributed by atoms with E-state index in [2.05, 4.69) is 16.6 Å². The molecule has 0 saturated heterocycles. The molecule has 2 rings (SSSR count). The van der Waals surface area contributed by atoms with Gasteiger partial charge in [-0.1, -0.05) is 41.8 Å². The molecule has 0 aliphatic rings. The molecule has 0 aliphatic heterocycles. The van der Waals surface area contributed by atoms with Crippen LogP contribution in [0.2, 0.25) is 5.02 Å². The van der Waals surface area contributed by atoms with Gasteiger partial charge in [-0.05, 0) is 84.7 Å². The first-order chi connectivity index (χ1) is 17.0. The van der Waals surface area contributed by atoms with E-state index in [1.165, 1.54) is 4.90 Å². The number of aryl methyl sites for hydroxylation is 1. The Kier molecular flexibility index (Phi) is 9.40. The molecule has 0 bridgehead atoms. The topological polar surface area (TPSA) is 87.7 Å². The van der Waals surface area contributed by atoms with Gasteiger partial charge in [-0.2, -0.15) is 0 Å². The maximum absolute atomic E-state index is 13.9. The first kappa shape index (κ1) is 29.7. The predicted molar refractivity (Wildman–Crippen MR) is 147 cm³/mol. The van der Waals surface area contributed by atoms with E-state index in [9.17, 15) is 14.4 Å². The first-order valence-electron chi connectivity index (χ1n) is 12.0. The van der Waals surface area contributed by atoms with Crippen LogP contribution >= 0.6 is 11.6 Å². The number of terminal acetylenes is 1. The van der Waals surface area contributed by atoms with Crippen molar-refractivity contribution < 1.29 is 19.1 Å². The fraction of sp³-hybridized carbons (Fsp3) is 0.414. The second-order valence-corrected chi connectivity index (χ2v) is 11.2. The molecule has 198 valence electrons. The highest BCUT2D eigenvalue weighted by Crippen LogP contribution is 2.33. The summed E-state index contributed by atoms with van der Waals surface area (Å²) in [5.74, 6) is 1.63. The lowest BCUT2D eigenvalue weighted by Crippen LogP contribution is -2.57. The third-order valence-corrected chi connectivity index (χ3v) is 5.75. The van der Waals surface area contributed by atoms with Crippen LogP contribution in [0.1, 0.15) is 71.2 Å². The second-order valence-electron chi connectivity index (χ2n) is 10.8. The summed E-state index contributed by atoms with van der Waals surface area (Å²) in [6, 6.07) is 10.1. The number of carbonyl (C=O) groups is 3. The molecule has 0 saturated carbocycles. The maximum Gasteiger partial charge on any atom is 0.408 e. The van der Waals surface area contributed by atoms with Crippen molar-refractivity contribution in [3.8, 4) is 12.3 Å². The zero-order valence-electron chi connectivity index (χ0n) is 22.7. The summed E-state index contributed by atoms with van der Waals surface area (Å²) >= 11 is 6.38. The van der Waals surface area contributed by atoms with Crippen molar-refractivity contribution in [2.24, 2.45) is 0 Å². The van der Waals surface area contributed by atoms with E-state index in [1.807, 2.05) is 33.8 Å². The zero-order chi connectivity index (χ0) is 28.1. The minimum Gasteiger partial charge on any atom is -0.444 e. The van der Waals surface area contributed by atoms with Crippen molar-refractivity contribution in [1.29, 1.82) is 0 Å². The smallest absolute Gasteiger partial charge is 0.408 e. The Labute approximate surface area is 224 Å². The first-order valence-corrected chi connectivity index (χ1v) is 12.4. The van der Waals surface area contributed by atoms with Crippen LogP contribution in [0.15, 0.2) is 42.5 Å². The van der Waals surface area contributed by atoms with Gasteiger partial charge in [0, 0.05) is 11.1 Å². The van der Waals surface area contributed by atoms with Gasteiger partial charge in [0.05, 0.1) is 10.7 Å². The SMILES string of the molecule is C#Cc1ccc(C(C(=O)Nc2c(C)cccc2Cl)N(C(=O)C(C)NC(=O)OC(C)(C)C)C(C)(C)C)cc1. The van der Waals surface area contributed by atoms with Gasteiger partial charge in [-0.3, -0.25) is 9.59 Å². The molecule has 0 spiro atoms. The molecule has 0 aliphatic carbocycles. The molecule has 2 N–H and O–H groups in total. The number of ether oxygens (including phenoxy) is 1. The number of hydrogen-bond acceptors (Lipinski definition) is 4. The van der Waals surface area contributed by atoms with E-state index >= 15 is 0 Å². The Morgan fingerprint density at radius 2 is 1.62 bits per heavy atom. The number of nitrogens with one attached hydrogen (secondary N) is 2. The van der Waals surface area contributed by atoms with Crippen LogP contribution in [-0.2, 0) is 14.3 Å². The summed E-state index contributed by atoms with van der Waals surface area (Å²) in [5.41, 5.74) is 0.873. The fourth-order valence-corrected chi connectivity index (χ4v) is 4.03. The standard InChI is InChI=1S/C29H36ClN3O4/c1-10-20-14-16-21(17-15-20)24(25(34)32-23-18(2)12-11-13-22(23)30)33(28(4,5)6)26(35)19(3)31-27(36)37-29(7,8)9/h1,11-17,19,24H,2-9H3,(H,31,36)(H,32,34). The van der Waals surface area contributed by atoms with Crippen molar-refractivity contribution >= 4 is 35.2 Å². The molecule has 2 unspecified atom stereocenters. The van der Waals surface area contributed by atoms with Crippen LogP contribution in [0.3, 0.4) is 0 Å². The minimum absolute atomic E-state index is 0.378. The van der Waals surface area contributed by atoms with Crippen molar-refractivity contribution in [3.63, 3.8) is 0 Å². The predicted octanol–water partition coefficient (Wildman–Crippen LogP) is 5.85. The Balaban J connectivity index is 2.55. The fourth-order valence-electron chi connectivity index (χ4n) is 3.76. The zero-order valence-corrected chi connectivity index (χ0v) is 23.5. The van der Waals surface area contributed by atoms with E-state index in [0.717, 1.165) is 5.56 Å². The second kappa shape index (κ2) is 11.7. The van der Waals surface area contributed by atoms with Gasteiger partial charge in [0.1, 0.15) is 17.7 Å². The summed E-state index contributed by atoms with van der Waals surface area (Å²) < 4.78 is 5.31. The molecule has 7 nitrogen and oxygen atoms in total. The molecule has 3 amide bonds. The number of halogens is 1. The summed E-state index contributed by atoms with van der Waals surface area (Å²) in [7, 11) is 0. The normalized spacial score (nSPS) is 13.1. The molecular weight excluding hydrogens is 490 g/mol. The van der Waals surface area contributed by atoms with Crippen LogP contribution < -0.4 is 10.6 Å². The molecule has 2 atom stereocenters. The largest absolute Gasteiger partial charge is 0.444 e. The monoisotopic (exact) mass is 525 g/mol. The van der Waals surface area contributed by atoms with Gasteiger partial charge < -0.3 is 20.3 Å². The maximum atomic E-state index is 13.9. The highest BCUT2D eigenvalue weighted by Gasteiger charge is 2.41. The van der Waals surface area contributed by atoms with Crippen LogP contribution in [0.25, 0.3) is 0 Å². The van der Waals surface area contributed by atoms with Gasteiger partial charge in [-0.15, -0.1) is 6.42 Å². The van der Waals surface area contributed by atoms with Crippen LogP contribution in [-0.4, -0.2) is 40.0 Å². The highest BCUT2D eigenvalue weighted by atomic mass is 35.5. The van der Waals surface area contributed by atoms with Crippen molar-refractivity contribution in [1.82, 2.24) is 10.2 Å². The van der Waals surface area contributed by atoms with Gasteiger partial charge in [0.2, 0.25) is 5.91 Å². The Hall–Kier alpha value is -3.50. The average molecular weight is 526 g/mol. The minimum atomic E-state index is -1.06. The van der Waals surface area contributed by atoms with Gasteiger partial charge >= 0.3 is 6.09 Å². The molecule has 0 heterocycles. The van der Waals surface area contributed by atoms with E-state index in [-0.39, 0.29) is 0 Å². The van der Waals surface area contributed by atoms with Gasteiger partial charge in [-0.25, -0.2) is 4.79 Å². The summed E-state index contributed by atoms with van der Waals surface area (Å²) in [6.07, 6.45) is 4.79. The lowest BCUT2D eigenvalue weighted by molar-refractivity contribution is -0.146. The van der Waals surface area contributed by atoms with Crippen molar-refractivity contribution in [3.05, 3.63) is 64.2 Å². The number of benzene rings is 2. The third-order valence-electron chi connectivity index (χ3n) is 5.43. The van der Waals surface area contributed by atoms with Crippen molar-refractivity contribution in [2.45, 2.75) is 78.6 Å².